The first-order valence-electron chi connectivity index (χ1n) is 5.32. The van der Waals surface area contributed by atoms with Crippen LogP contribution < -0.4 is 0 Å². The monoisotopic (exact) mass is 253 g/mol. The highest BCUT2D eigenvalue weighted by Crippen LogP contribution is 2.19. The zero-order valence-corrected chi connectivity index (χ0v) is 10.7. The lowest BCUT2D eigenvalue weighted by molar-refractivity contribution is -0.144. The van der Waals surface area contributed by atoms with Crippen molar-refractivity contribution in [2.75, 3.05) is 13.7 Å². The van der Waals surface area contributed by atoms with Crippen LogP contribution >= 0.6 is 0 Å². The molecule has 0 unspecified atom stereocenters. The Balaban J connectivity index is 2.91. The third-order valence-electron chi connectivity index (χ3n) is 2.54. The zero-order valence-electron chi connectivity index (χ0n) is 10.7. The van der Waals surface area contributed by atoms with Crippen molar-refractivity contribution in [1.82, 2.24) is 4.98 Å². The number of carbonyl (C=O) groups excluding carboxylic acids is 3. The summed E-state index contributed by atoms with van der Waals surface area (Å²) >= 11 is 0. The first-order chi connectivity index (χ1) is 8.38. The van der Waals surface area contributed by atoms with E-state index in [2.05, 4.69) is 9.72 Å². The summed E-state index contributed by atoms with van der Waals surface area (Å²) in [6.45, 7) is 4.31. The molecule has 1 rings (SSSR count). The summed E-state index contributed by atoms with van der Waals surface area (Å²) in [5, 5.41) is 0. The van der Waals surface area contributed by atoms with E-state index in [1.807, 2.05) is 0 Å². The quantitative estimate of drug-likeness (QED) is 0.643. The minimum Gasteiger partial charge on any atom is -0.466 e. The average Bonchev–Trinajstić information content (AvgIpc) is 2.61. The number of rotatable bonds is 4. The number of carbonyl (C=O) groups is 3. The van der Waals surface area contributed by atoms with Gasteiger partial charge in [-0.3, -0.25) is 4.79 Å². The number of ether oxygens (including phenoxy) is 2. The van der Waals surface area contributed by atoms with Crippen LogP contribution in [0.3, 0.4) is 0 Å². The number of aromatic nitrogens is 1. The van der Waals surface area contributed by atoms with E-state index in [1.165, 1.54) is 14.0 Å². The Bertz CT molecular complexity index is 501. The molecule has 0 fully saturated rings. The van der Waals surface area contributed by atoms with Gasteiger partial charge in [0.2, 0.25) is 0 Å². The number of hydrogen-bond acceptors (Lipinski definition) is 5. The van der Waals surface area contributed by atoms with Crippen molar-refractivity contribution < 1.29 is 23.9 Å². The number of ketones is 1. The number of nitrogens with one attached hydrogen (secondary N) is 1. The summed E-state index contributed by atoms with van der Waals surface area (Å²) in [6.07, 6.45) is 0. The predicted octanol–water partition coefficient (Wildman–Crippen LogP) is 1.16. The smallest absolute Gasteiger partial charge is 0.355 e. The van der Waals surface area contributed by atoms with Crippen molar-refractivity contribution in [1.29, 1.82) is 0 Å². The summed E-state index contributed by atoms with van der Waals surface area (Å²) < 4.78 is 9.11. The van der Waals surface area contributed by atoms with Crippen LogP contribution in [-0.4, -0.2) is 36.4 Å². The molecule has 0 atom stereocenters. The van der Waals surface area contributed by atoms with Crippen LogP contribution in [0.15, 0.2) is 0 Å². The highest BCUT2D eigenvalue weighted by molar-refractivity contribution is 6.01. The molecule has 1 N–H and O–H groups in total. The van der Waals surface area contributed by atoms with Crippen LogP contribution in [0.2, 0.25) is 0 Å². The maximum atomic E-state index is 11.7. The second-order valence-corrected chi connectivity index (χ2v) is 3.83. The fourth-order valence-corrected chi connectivity index (χ4v) is 1.74. The van der Waals surface area contributed by atoms with Gasteiger partial charge in [0.05, 0.1) is 7.11 Å². The van der Waals surface area contributed by atoms with E-state index in [9.17, 15) is 14.4 Å². The molecule has 0 saturated carbocycles. The van der Waals surface area contributed by atoms with Gasteiger partial charge in [0.15, 0.2) is 12.4 Å². The van der Waals surface area contributed by atoms with Gasteiger partial charge in [-0.2, -0.15) is 0 Å². The normalized spacial score (nSPS) is 10.0. The van der Waals surface area contributed by atoms with Gasteiger partial charge in [-0.05, 0) is 26.3 Å². The van der Waals surface area contributed by atoms with E-state index in [1.54, 1.807) is 13.8 Å². The first kappa shape index (κ1) is 14.0. The third-order valence-corrected chi connectivity index (χ3v) is 2.54. The van der Waals surface area contributed by atoms with Gasteiger partial charge in [0.25, 0.3) is 0 Å². The fourth-order valence-electron chi connectivity index (χ4n) is 1.74. The maximum absolute atomic E-state index is 11.7. The first-order valence-corrected chi connectivity index (χ1v) is 5.32. The molecule has 6 nitrogen and oxygen atoms in total. The Morgan fingerprint density at radius 2 is 1.83 bits per heavy atom. The van der Waals surface area contributed by atoms with Crippen molar-refractivity contribution in [2.45, 2.75) is 20.8 Å². The highest BCUT2D eigenvalue weighted by Gasteiger charge is 2.21. The highest BCUT2D eigenvalue weighted by atomic mass is 16.6. The Hall–Kier alpha value is -2.11. The lowest BCUT2D eigenvalue weighted by Crippen LogP contribution is -2.16. The van der Waals surface area contributed by atoms with Crippen LogP contribution in [0.25, 0.3) is 0 Å². The lowest BCUT2D eigenvalue weighted by atomic mass is 10.1. The van der Waals surface area contributed by atoms with Crippen LogP contribution in [0, 0.1) is 13.8 Å². The summed E-state index contributed by atoms with van der Waals surface area (Å²) in [5.74, 6) is -1.46. The molecular formula is C12H15NO5. The Labute approximate surface area is 104 Å². The second-order valence-electron chi connectivity index (χ2n) is 3.83. The lowest BCUT2D eigenvalue weighted by Gasteiger charge is -2.02. The van der Waals surface area contributed by atoms with Crippen molar-refractivity contribution in [3.8, 4) is 0 Å². The molecule has 6 heteroatoms. The van der Waals surface area contributed by atoms with Crippen LogP contribution in [-0.2, 0) is 14.3 Å². The van der Waals surface area contributed by atoms with E-state index >= 15 is 0 Å². The van der Waals surface area contributed by atoms with Gasteiger partial charge in [-0.15, -0.1) is 0 Å². The molecule has 0 aromatic carbocycles. The molecule has 1 aromatic rings. The average molecular weight is 253 g/mol. The summed E-state index contributed by atoms with van der Waals surface area (Å²) in [4.78, 5) is 36.7. The van der Waals surface area contributed by atoms with Crippen molar-refractivity contribution in [3.05, 3.63) is 22.5 Å². The molecule has 1 heterocycles. The number of esters is 2. The van der Waals surface area contributed by atoms with E-state index in [-0.39, 0.29) is 11.5 Å². The number of aromatic amines is 1. The second kappa shape index (κ2) is 5.48. The van der Waals surface area contributed by atoms with Gasteiger partial charge in [-0.25, -0.2) is 9.59 Å². The molecule has 0 aliphatic carbocycles. The topological polar surface area (TPSA) is 85.5 Å². The molecule has 0 bridgehead atoms. The van der Waals surface area contributed by atoms with Crippen molar-refractivity contribution in [2.24, 2.45) is 0 Å². The van der Waals surface area contributed by atoms with E-state index < -0.39 is 18.5 Å². The SMILES string of the molecule is COC(=O)COC(=O)c1[nH]c(C)c(C(C)=O)c1C. The number of methoxy groups -OCH3 is 1. The minimum absolute atomic E-state index is 0.131. The third kappa shape index (κ3) is 2.77. The summed E-state index contributed by atoms with van der Waals surface area (Å²) in [7, 11) is 1.20. The molecule has 1 aromatic heterocycles. The Morgan fingerprint density at radius 3 is 2.28 bits per heavy atom. The zero-order chi connectivity index (χ0) is 13.9. The number of hydrogen-bond donors (Lipinski definition) is 1. The summed E-state index contributed by atoms with van der Waals surface area (Å²) in [5.41, 5.74) is 1.78. The van der Waals surface area contributed by atoms with Gasteiger partial charge in [-0.1, -0.05) is 0 Å². The fraction of sp³-hybridized carbons (Fsp3) is 0.417. The Morgan fingerprint density at radius 1 is 1.22 bits per heavy atom. The van der Waals surface area contributed by atoms with E-state index in [4.69, 9.17) is 4.74 Å². The van der Waals surface area contributed by atoms with Crippen LogP contribution in [0.4, 0.5) is 0 Å². The molecule has 98 valence electrons. The molecular weight excluding hydrogens is 238 g/mol. The maximum Gasteiger partial charge on any atom is 0.355 e. The number of H-pyrrole nitrogens is 1. The van der Waals surface area contributed by atoms with Crippen molar-refractivity contribution in [3.63, 3.8) is 0 Å². The van der Waals surface area contributed by atoms with Crippen LogP contribution in [0.5, 0.6) is 0 Å². The number of aryl methyl sites for hydroxylation is 1. The molecule has 0 aliphatic rings. The Kier molecular flexibility index (Phi) is 4.25. The van der Waals surface area contributed by atoms with Crippen LogP contribution in [0.1, 0.15) is 39.0 Å². The molecule has 0 radical (unpaired) electrons. The van der Waals surface area contributed by atoms with Crippen molar-refractivity contribution >= 4 is 17.7 Å². The standard InChI is InChI=1S/C12H15NO5/c1-6-10(8(3)14)7(2)13-11(6)12(16)18-5-9(15)17-4/h13H,5H2,1-4H3. The van der Waals surface area contributed by atoms with Gasteiger partial charge < -0.3 is 14.5 Å². The van der Waals surface area contributed by atoms with Gasteiger partial charge in [0, 0.05) is 11.3 Å². The molecule has 18 heavy (non-hydrogen) atoms. The van der Waals surface area contributed by atoms with Gasteiger partial charge in [0.1, 0.15) is 5.69 Å². The predicted molar refractivity (Wildman–Crippen MR) is 62.6 cm³/mol. The molecule has 0 saturated heterocycles. The molecule has 0 aliphatic heterocycles. The largest absolute Gasteiger partial charge is 0.466 e. The molecule has 0 spiro atoms. The molecule has 0 amide bonds. The van der Waals surface area contributed by atoms with Gasteiger partial charge >= 0.3 is 11.9 Å². The summed E-state index contributed by atoms with van der Waals surface area (Å²) in [6, 6.07) is 0. The van der Waals surface area contributed by atoms with E-state index in [0.29, 0.717) is 16.8 Å². The van der Waals surface area contributed by atoms with E-state index in [0.717, 1.165) is 0 Å². The minimum atomic E-state index is -0.687. The number of Topliss-reactive ketones (excluding diaryl/α,β-unsaturated/α-hetero) is 1.